The summed E-state index contributed by atoms with van der Waals surface area (Å²) < 4.78 is 0. The summed E-state index contributed by atoms with van der Waals surface area (Å²) in [6.45, 7) is 0.286. The molecule has 0 saturated carbocycles. The third-order valence-corrected chi connectivity index (χ3v) is 5.91. The highest BCUT2D eigenvalue weighted by Crippen LogP contribution is 2.19. The molecule has 4 amide bonds. The van der Waals surface area contributed by atoms with Crippen molar-refractivity contribution in [1.29, 1.82) is 0 Å². The van der Waals surface area contributed by atoms with Crippen molar-refractivity contribution in [1.82, 2.24) is 15.5 Å². The molecule has 0 aromatic carbocycles. The van der Waals surface area contributed by atoms with E-state index in [-0.39, 0.29) is 25.1 Å². The third kappa shape index (κ3) is 8.57. The molecule has 0 spiro atoms. The first-order valence-corrected chi connectivity index (χ1v) is 11.9. The van der Waals surface area contributed by atoms with E-state index >= 15 is 0 Å². The number of amides is 4. The Morgan fingerprint density at radius 1 is 1.19 bits per heavy atom. The number of carboxylic acids is 1. The van der Waals surface area contributed by atoms with Crippen LogP contribution in [0, 0.1) is 0 Å². The highest BCUT2D eigenvalue weighted by Gasteiger charge is 2.38. The number of nitrogens with two attached hydrogens (primary N) is 2. The van der Waals surface area contributed by atoms with Crippen LogP contribution in [0.1, 0.15) is 32.1 Å². The van der Waals surface area contributed by atoms with E-state index in [1.165, 1.54) is 4.90 Å². The first kappa shape index (κ1) is 27.0. The zero-order chi connectivity index (χ0) is 23.6. The Bertz CT molecular complexity index is 680. The van der Waals surface area contributed by atoms with Crippen molar-refractivity contribution in [3.05, 3.63) is 0 Å². The summed E-state index contributed by atoms with van der Waals surface area (Å²) in [5.41, 5.74) is 10.9. The topological polar surface area (TPSA) is 185 Å². The van der Waals surface area contributed by atoms with Crippen molar-refractivity contribution in [3.8, 4) is 0 Å². The standard InChI is InChI=1S/C18H31N5O6S2/c1-31-8-6-10(19)15(25)22-12(9-30)17(27)23-7-2-3-13(23)16(26)21-11(18(28)29)4-5-14(20)24/h10-13,30H,2-9,19H2,1H3,(H2,20,24)(H,21,26)(H,22,25)(H,28,29). The van der Waals surface area contributed by atoms with Crippen molar-refractivity contribution in [2.24, 2.45) is 11.5 Å². The van der Waals surface area contributed by atoms with Gasteiger partial charge >= 0.3 is 5.97 Å². The summed E-state index contributed by atoms with van der Waals surface area (Å²) >= 11 is 5.69. The second-order valence-electron chi connectivity index (χ2n) is 7.23. The number of carboxylic acid groups (broad SMARTS) is 1. The van der Waals surface area contributed by atoms with Crippen molar-refractivity contribution in [3.63, 3.8) is 0 Å². The normalized spacial score (nSPS) is 18.7. The summed E-state index contributed by atoms with van der Waals surface area (Å²) in [4.78, 5) is 61.5. The Kier molecular flexibility index (Phi) is 11.7. The second kappa shape index (κ2) is 13.4. The average Bonchev–Trinajstić information content (AvgIpc) is 3.21. The molecule has 0 radical (unpaired) electrons. The van der Waals surface area contributed by atoms with E-state index < -0.39 is 53.8 Å². The van der Waals surface area contributed by atoms with Crippen molar-refractivity contribution in [2.45, 2.75) is 56.3 Å². The van der Waals surface area contributed by atoms with Crippen LogP contribution in [0.2, 0.25) is 0 Å². The molecule has 11 nitrogen and oxygen atoms in total. The van der Waals surface area contributed by atoms with Gasteiger partial charge in [-0.05, 0) is 37.7 Å². The SMILES string of the molecule is CSCCC(N)C(=O)NC(CS)C(=O)N1CCCC1C(=O)NC(CCC(N)=O)C(=O)O. The lowest BCUT2D eigenvalue weighted by atomic mass is 10.1. The molecular formula is C18H31N5O6S2. The molecular weight excluding hydrogens is 446 g/mol. The van der Waals surface area contributed by atoms with Gasteiger partial charge in [-0.25, -0.2) is 4.79 Å². The third-order valence-electron chi connectivity index (χ3n) is 4.90. The molecule has 1 fully saturated rings. The number of likely N-dealkylation sites (tertiary alicyclic amines) is 1. The molecule has 1 heterocycles. The van der Waals surface area contributed by atoms with E-state index in [1.54, 1.807) is 11.8 Å². The molecule has 0 aromatic heterocycles. The van der Waals surface area contributed by atoms with Gasteiger partial charge in [-0.1, -0.05) is 0 Å². The van der Waals surface area contributed by atoms with Gasteiger partial charge in [0.1, 0.15) is 18.1 Å². The molecule has 0 bridgehead atoms. The first-order valence-electron chi connectivity index (χ1n) is 9.90. The lowest BCUT2D eigenvalue weighted by Crippen LogP contribution is -2.57. The van der Waals surface area contributed by atoms with Gasteiger partial charge in [-0.2, -0.15) is 24.4 Å². The zero-order valence-corrected chi connectivity index (χ0v) is 19.1. The molecule has 176 valence electrons. The fraction of sp³-hybridized carbons (Fsp3) is 0.722. The minimum atomic E-state index is -1.30. The summed E-state index contributed by atoms with van der Waals surface area (Å²) in [5, 5.41) is 14.2. The van der Waals surface area contributed by atoms with Crippen LogP contribution in [0.4, 0.5) is 0 Å². The fourth-order valence-corrected chi connectivity index (χ4v) is 3.89. The number of hydrogen-bond acceptors (Lipinski definition) is 8. The molecule has 4 atom stereocenters. The predicted molar refractivity (Wildman–Crippen MR) is 119 cm³/mol. The molecule has 31 heavy (non-hydrogen) atoms. The van der Waals surface area contributed by atoms with Gasteiger partial charge in [-0.3, -0.25) is 19.2 Å². The Morgan fingerprint density at radius 3 is 2.42 bits per heavy atom. The van der Waals surface area contributed by atoms with Gasteiger partial charge in [-0.15, -0.1) is 0 Å². The number of hydrogen-bond donors (Lipinski definition) is 6. The molecule has 0 aromatic rings. The van der Waals surface area contributed by atoms with Crippen LogP contribution < -0.4 is 22.1 Å². The summed E-state index contributed by atoms with van der Waals surface area (Å²) in [6, 6.07) is -3.91. The van der Waals surface area contributed by atoms with Crippen LogP contribution in [0.5, 0.6) is 0 Å². The summed E-state index contributed by atoms with van der Waals surface area (Å²) in [6.07, 6.45) is 2.89. The average molecular weight is 478 g/mol. The van der Waals surface area contributed by atoms with Crippen LogP contribution in [0.15, 0.2) is 0 Å². The minimum absolute atomic E-state index is 0.0149. The largest absolute Gasteiger partial charge is 0.480 e. The number of rotatable bonds is 13. The van der Waals surface area contributed by atoms with Gasteiger partial charge in [0.2, 0.25) is 23.6 Å². The van der Waals surface area contributed by atoms with Gasteiger partial charge < -0.3 is 32.1 Å². The van der Waals surface area contributed by atoms with Crippen molar-refractivity contribution in [2.75, 3.05) is 24.3 Å². The van der Waals surface area contributed by atoms with Crippen LogP contribution in [0.3, 0.4) is 0 Å². The Balaban J connectivity index is 2.79. The van der Waals surface area contributed by atoms with Crippen LogP contribution in [-0.2, 0) is 24.0 Å². The first-order chi connectivity index (χ1) is 14.6. The quantitative estimate of drug-likeness (QED) is 0.170. The number of aliphatic carboxylic acids is 1. The highest BCUT2D eigenvalue weighted by molar-refractivity contribution is 7.98. The molecule has 7 N–H and O–H groups in total. The molecule has 4 unspecified atom stereocenters. The van der Waals surface area contributed by atoms with E-state index in [4.69, 9.17) is 11.5 Å². The molecule has 1 saturated heterocycles. The predicted octanol–water partition coefficient (Wildman–Crippen LogP) is -1.69. The van der Waals surface area contributed by atoms with Crippen molar-refractivity contribution >= 4 is 54.0 Å². The van der Waals surface area contributed by atoms with E-state index in [1.807, 2.05) is 6.26 Å². The van der Waals surface area contributed by atoms with Crippen LogP contribution in [0.25, 0.3) is 0 Å². The number of primary amides is 1. The number of carbonyl (C=O) groups excluding carboxylic acids is 4. The van der Waals surface area contributed by atoms with Gasteiger partial charge in [0, 0.05) is 18.7 Å². The van der Waals surface area contributed by atoms with E-state index in [0.717, 1.165) is 0 Å². The van der Waals surface area contributed by atoms with Gasteiger partial charge in [0.25, 0.3) is 0 Å². The Morgan fingerprint density at radius 2 is 1.87 bits per heavy atom. The fourth-order valence-electron chi connectivity index (χ4n) is 3.16. The van der Waals surface area contributed by atoms with Gasteiger partial charge in [0.05, 0.1) is 6.04 Å². The maximum absolute atomic E-state index is 13.0. The maximum Gasteiger partial charge on any atom is 0.326 e. The lowest BCUT2D eigenvalue weighted by Gasteiger charge is -2.29. The molecule has 1 rings (SSSR count). The highest BCUT2D eigenvalue weighted by atomic mass is 32.2. The van der Waals surface area contributed by atoms with Crippen LogP contribution >= 0.6 is 24.4 Å². The number of nitrogens with one attached hydrogen (secondary N) is 2. The maximum atomic E-state index is 13.0. The van der Waals surface area contributed by atoms with Crippen LogP contribution in [-0.4, -0.2) is 88.1 Å². The van der Waals surface area contributed by atoms with E-state index in [0.29, 0.717) is 25.0 Å². The summed E-state index contributed by atoms with van der Waals surface area (Å²) in [5.74, 6) is -2.86. The second-order valence-corrected chi connectivity index (χ2v) is 8.58. The van der Waals surface area contributed by atoms with Crippen molar-refractivity contribution < 1.29 is 29.1 Å². The smallest absolute Gasteiger partial charge is 0.326 e. The lowest BCUT2D eigenvalue weighted by molar-refractivity contribution is -0.145. The monoisotopic (exact) mass is 477 g/mol. The molecule has 1 aliphatic heterocycles. The zero-order valence-electron chi connectivity index (χ0n) is 17.4. The summed E-state index contributed by atoms with van der Waals surface area (Å²) in [7, 11) is 0. The van der Waals surface area contributed by atoms with E-state index in [9.17, 15) is 29.1 Å². The van der Waals surface area contributed by atoms with Gasteiger partial charge in [0.15, 0.2) is 0 Å². The molecule has 13 heteroatoms. The number of nitrogens with zero attached hydrogens (tertiary/aromatic N) is 1. The number of thiol groups is 1. The minimum Gasteiger partial charge on any atom is -0.480 e. The molecule has 0 aliphatic carbocycles. The van der Waals surface area contributed by atoms with E-state index in [2.05, 4.69) is 23.3 Å². The number of carbonyl (C=O) groups is 5. The molecule has 1 aliphatic rings. The Labute approximate surface area is 190 Å². The Hall–Kier alpha value is -1.99. The number of thioether (sulfide) groups is 1.